The second-order valence-electron chi connectivity index (χ2n) is 8.58. The highest BCUT2D eigenvalue weighted by molar-refractivity contribution is 6.05. The zero-order chi connectivity index (χ0) is 24.2. The minimum absolute atomic E-state index is 0.474. The van der Waals surface area contributed by atoms with E-state index in [1.807, 2.05) is 4.90 Å². The summed E-state index contributed by atoms with van der Waals surface area (Å²) in [7, 11) is 0. The molecule has 0 spiro atoms. The summed E-state index contributed by atoms with van der Waals surface area (Å²) >= 11 is 0. The zero-order valence-corrected chi connectivity index (χ0v) is 20.3. The van der Waals surface area contributed by atoms with Gasteiger partial charge in [-0.15, -0.1) is 0 Å². The number of nitrogens with zero attached hydrogens (tertiary/aromatic N) is 2. The fraction of sp³-hybridized carbons (Fsp3) is 0.462. The Hall–Kier alpha value is -2.14. The Balaban J connectivity index is 1.79. The van der Waals surface area contributed by atoms with E-state index in [1.54, 1.807) is 0 Å². The molecule has 0 aliphatic carbocycles. The summed E-state index contributed by atoms with van der Waals surface area (Å²) in [6.45, 7) is 9.12. The highest BCUT2D eigenvalue weighted by atomic mass is 15.2. The molecule has 0 radical (unpaired) electrons. The molecule has 0 bridgehead atoms. The molecule has 8 heteroatoms. The molecule has 0 fully saturated rings. The number of hydrogen-bond acceptors (Lipinski definition) is 8. The second kappa shape index (κ2) is 14.3. The van der Waals surface area contributed by atoms with Crippen LogP contribution in [0.1, 0.15) is 11.1 Å². The Kier molecular flexibility index (Phi) is 11.1. The van der Waals surface area contributed by atoms with Crippen LogP contribution in [-0.2, 0) is 13.1 Å². The summed E-state index contributed by atoms with van der Waals surface area (Å²) in [5.74, 6) is 0. The van der Waals surface area contributed by atoms with Gasteiger partial charge in [0.05, 0.1) is 0 Å². The molecular formula is C26H42N8. The van der Waals surface area contributed by atoms with Gasteiger partial charge in [-0.05, 0) is 32.7 Å². The van der Waals surface area contributed by atoms with E-state index in [0.29, 0.717) is 26.4 Å². The van der Waals surface area contributed by atoms with E-state index in [0.717, 1.165) is 52.4 Å². The van der Waals surface area contributed by atoms with Gasteiger partial charge in [0.25, 0.3) is 0 Å². The first-order valence-electron chi connectivity index (χ1n) is 12.3. The van der Waals surface area contributed by atoms with E-state index in [1.165, 1.54) is 32.7 Å². The number of hydrogen-bond donors (Lipinski definition) is 6. The topological polar surface area (TPSA) is 135 Å². The number of nitrogens with one attached hydrogen (secondary N) is 2. The summed E-state index contributed by atoms with van der Waals surface area (Å²) in [5.41, 5.74) is 25.6. The maximum absolute atomic E-state index is 5.74. The van der Waals surface area contributed by atoms with Crippen LogP contribution >= 0.6 is 0 Å². The first-order valence-corrected chi connectivity index (χ1v) is 12.3. The molecule has 0 atom stereocenters. The molecule has 0 saturated heterocycles. The largest absolute Gasteiger partial charge is 0.329 e. The molecule has 186 valence electrons. The van der Waals surface area contributed by atoms with Crippen LogP contribution in [0.5, 0.6) is 0 Å². The van der Waals surface area contributed by atoms with Gasteiger partial charge in [-0.2, -0.15) is 0 Å². The monoisotopic (exact) mass is 466 g/mol. The predicted molar refractivity (Wildman–Crippen MR) is 144 cm³/mol. The molecule has 3 aromatic rings. The predicted octanol–water partition coefficient (Wildman–Crippen LogP) is 0.526. The van der Waals surface area contributed by atoms with E-state index in [9.17, 15) is 0 Å². The van der Waals surface area contributed by atoms with Crippen molar-refractivity contribution in [3.63, 3.8) is 0 Å². The third-order valence-electron chi connectivity index (χ3n) is 6.37. The lowest BCUT2D eigenvalue weighted by atomic mass is 9.91. The lowest BCUT2D eigenvalue weighted by Gasteiger charge is -2.22. The van der Waals surface area contributed by atoms with Crippen molar-refractivity contribution in [1.29, 1.82) is 0 Å². The van der Waals surface area contributed by atoms with Crippen molar-refractivity contribution in [2.75, 3.05) is 65.7 Å². The van der Waals surface area contributed by atoms with Crippen LogP contribution in [0.3, 0.4) is 0 Å². The molecule has 34 heavy (non-hydrogen) atoms. The van der Waals surface area contributed by atoms with Crippen molar-refractivity contribution in [1.82, 2.24) is 20.4 Å². The van der Waals surface area contributed by atoms with Crippen LogP contribution in [-0.4, -0.2) is 75.5 Å². The maximum atomic E-state index is 5.74. The summed E-state index contributed by atoms with van der Waals surface area (Å²) in [6.07, 6.45) is 0. The number of rotatable bonds is 16. The molecule has 3 aromatic carbocycles. The van der Waals surface area contributed by atoms with Crippen LogP contribution in [0.2, 0.25) is 0 Å². The van der Waals surface area contributed by atoms with E-state index in [2.05, 4.69) is 64.1 Å². The normalized spacial score (nSPS) is 11.9. The minimum Gasteiger partial charge on any atom is -0.329 e. The summed E-state index contributed by atoms with van der Waals surface area (Å²) in [4.78, 5) is 4.33. The van der Waals surface area contributed by atoms with Crippen LogP contribution in [0, 0.1) is 0 Å². The smallest absolute Gasteiger partial charge is 0.0467 e. The highest BCUT2D eigenvalue weighted by Crippen LogP contribution is 2.33. The first-order chi connectivity index (χ1) is 16.7. The van der Waals surface area contributed by atoms with Crippen LogP contribution < -0.4 is 33.6 Å². The number of fused-ring (bicyclic) bond motifs is 2. The molecule has 0 aliphatic heterocycles. The van der Waals surface area contributed by atoms with E-state index in [4.69, 9.17) is 22.9 Å². The van der Waals surface area contributed by atoms with Gasteiger partial charge in [0.15, 0.2) is 0 Å². The lowest BCUT2D eigenvalue weighted by molar-refractivity contribution is 0.288. The maximum Gasteiger partial charge on any atom is 0.0467 e. The SMILES string of the molecule is NCCN(CCN)CCNCc1c2ccccc2c(CNCCN(CN)CN)c2ccccc12. The highest BCUT2D eigenvalue weighted by Gasteiger charge is 2.13. The molecule has 0 aliphatic rings. The molecule has 8 nitrogen and oxygen atoms in total. The fourth-order valence-corrected chi connectivity index (χ4v) is 4.55. The Morgan fingerprint density at radius 1 is 0.529 bits per heavy atom. The van der Waals surface area contributed by atoms with Gasteiger partial charge in [-0.1, -0.05) is 48.5 Å². The zero-order valence-electron chi connectivity index (χ0n) is 20.3. The Bertz CT molecular complexity index is 942. The van der Waals surface area contributed by atoms with Gasteiger partial charge in [0, 0.05) is 78.8 Å². The minimum atomic E-state index is 0.474. The molecular weight excluding hydrogens is 424 g/mol. The molecule has 0 aromatic heterocycles. The van der Waals surface area contributed by atoms with Gasteiger partial charge < -0.3 is 33.6 Å². The van der Waals surface area contributed by atoms with Crippen LogP contribution in [0.15, 0.2) is 48.5 Å². The quantitative estimate of drug-likeness (QED) is 0.102. The van der Waals surface area contributed by atoms with Gasteiger partial charge >= 0.3 is 0 Å². The van der Waals surface area contributed by atoms with E-state index in [-0.39, 0.29) is 0 Å². The Morgan fingerprint density at radius 3 is 1.26 bits per heavy atom. The van der Waals surface area contributed by atoms with Gasteiger partial charge in [0.1, 0.15) is 0 Å². The van der Waals surface area contributed by atoms with Crippen LogP contribution in [0.4, 0.5) is 0 Å². The lowest BCUT2D eigenvalue weighted by Crippen LogP contribution is -2.39. The average molecular weight is 467 g/mol. The van der Waals surface area contributed by atoms with Crippen molar-refractivity contribution in [3.05, 3.63) is 59.7 Å². The fourth-order valence-electron chi connectivity index (χ4n) is 4.55. The summed E-state index contributed by atoms with van der Waals surface area (Å²) in [5, 5.41) is 12.5. The third-order valence-corrected chi connectivity index (χ3v) is 6.37. The molecule has 3 rings (SSSR count). The molecule has 0 saturated carbocycles. The van der Waals surface area contributed by atoms with Crippen molar-refractivity contribution in [2.45, 2.75) is 13.1 Å². The molecule has 0 unspecified atom stereocenters. The summed E-state index contributed by atoms with van der Waals surface area (Å²) < 4.78 is 0. The van der Waals surface area contributed by atoms with Crippen molar-refractivity contribution in [2.24, 2.45) is 22.9 Å². The van der Waals surface area contributed by atoms with Gasteiger partial charge in [0.2, 0.25) is 0 Å². The first kappa shape index (κ1) is 26.5. The number of benzene rings is 3. The van der Waals surface area contributed by atoms with Gasteiger partial charge in [-0.25, -0.2) is 0 Å². The second-order valence-corrected chi connectivity index (χ2v) is 8.58. The Labute approximate surface area is 203 Å². The van der Waals surface area contributed by atoms with Crippen LogP contribution in [0.25, 0.3) is 21.5 Å². The Morgan fingerprint density at radius 2 is 0.912 bits per heavy atom. The average Bonchev–Trinajstić information content (AvgIpc) is 2.87. The van der Waals surface area contributed by atoms with Crippen molar-refractivity contribution in [3.8, 4) is 0 Å². The number of nitrogens with two attached hydrogens (primary N) is 4. The van der Waals surface area contributed by atoms with E-state index >= 15 is 0 Å². The molecule has 10 N–H and O–H groups in total. The summed E-state index contributed by atoms with van der Waals surface area (Å²) in [6, 6.07) is 17.5. The van der Waals surface area contributed by atoms with Gasteiger partial charge in [-0.3, -0.25) is 9.80 Å². The standard InChI is InChI=1S/C26H42N8/c27-9-13-33(14-10-28)15-11-31-17-25-21-5-1-3-7-23(21)26(24-8-4-2-6-22(24)25)18-32-12-16-34(19-29)20-30/h1-8,31-32H,9-20,27-30H2. The van der Waals surface area contributed by atoms with Crippen molar-refractivity contribution < 1.29 is 0 Å². The van der Waals surface area contributed by atoms with Crippen molar-refractivity contribution >= 4 is 21.5 Å². The molecule has 0 amide bonds. The third kappa shape index (κ3) is 6.94. The molecule has 0 heterocycles. The van der Waals surface area contributed by atoms with E-state index < -0.39 is 0 Å².